The van der Waals surface area contributed by atoms with E-state index in [0.29, 0.717) is 5.92 Å². The van der Waals surface area contributed by atoms with Crippen molar-refractivity contribution in [2.45, 2.75) is 66.0 Å². The molecule has 0 saturated carbocycles. The summed E-state index contributed by atoms with van der Waals surface area (Å²) in [7, 11) is 0. The van der Waals surface area contributed by atoms with Crippen LogP contribution in [0.1, 0.15) is 56.4 Å². The summed E-state index contributed by atoms with van der Waals surface area (Å²) in [6.07, 6.45) is 7.64. The molecule has 2 aromatic carbocycles. The van der Waals surface area contributed by atoms with Gasteiger partial charge in [0.05, 0.1) is 11.9 Å². The molecule has 0 bridgehead atoms. The molecule has 1 unspecified atom stereocenters. The number of nitrogens with zero attached hydrogens (tertiary/aromatic N) is 2. The minimum Gasteiger partial charge on any atom is -0.327 e. The van der Waals surface area contributed by atoms with Gasteiger partial charge in [0, 0.05) is 22.2 Å². The second kappa shape index (κ2) is 12.5. The average Bonchev–Trinajstić information content (AvgIpc) is 3.18. The second-order valence-corrected chi connectivity index (χ2v) is 9.94. The van der Waals surface area contributed by atoms with E-state index in [9.17, 15) is 4.39 Å². The molecule has 1 aromatic heterocycles. The van der Waals surface area contributed by atoms with E-state index in [0.717, 1.165) is 56.7 Å². The lowest BCUT2D eigenvalue weighted by molar-refractivity contribution is 0.465. The van der Waals surface area contributed by atoms with E-state index in [1.165, 1.54) is 32.9 Å². The number of rotatable bonds is 12. The van der Waals surface area contributed by atoms with Crippen molar-refractivity contribution in [1.82, 2.24) is 14.9 Å². The van der Waals surface area contributed by atoms with Gasteiger partial charge in [-0.2, -0.15) is 0 Å². The number of unbranched alkanes of at least 4 members (excludes halogenated alkanes) is 1. The highest BCUT2D eigenvalue weighted by molar-refractivity contribution is 14.1. The maximum absolute atomic E-state index is 13.7. The first-order valence-corrected chi connectivity index (χ1v) is 12.8. The van der Waals surface area contributed by atoms with Crippen molar-refractivity contribution in [2.75, 3.05) is 6.54 Å². The van der Waals surface area contributed by atoms with Gasteiger partial charge in [-0.15, -0.1) is 0 Å². The van der Waals surface area contributed by atoms with E-state index in [4.69, 9.17) is 0 Å². The molecule has 1 heterocycles. The van der Waals surface area contributed by atoms with Crippen LogP contribution in [0, 0.1) is 22.2 Å². The fourth-order valence-electron chi connectivity index (χ4n) is 3.89. The number of hydrogen-bond donors (Lipinski definition) is 1. The highest BCUT2D eigenvalue weighted by Gasteiger charge is 2.12. The molecule has 3 rings (SSSR count). The Morgan fingerprint density at radius 1 is 1.16 bits per heavy atom. The molecular formula is C27H35FIN3. The molecule has 0 radical (unpaired) electrons. The number of aromatic nitrogens is 2. The number of benzene rings is 2. The van der Waals surface area contributed by atoms with Gasteiger partial charge in [0.1, 0.15) is 11.6 Å². The van der Waals surface area contributed by atoms with Crippen LogP contribution in [0.2, 0.25) is 0 Å². The topological polar surface area (TPSA) is 29.9 Å². The molecule has 1 N–H and O–H groups in total. The largest absolute Gasteiger partial charge is 0.327 e. The molecule has 3 aromatic rings. The zero-order valence-electron chi connectivity index (χ0n) is 19.5. The Bertz CT molecular complexity index is 998. The van der Waals surface area contributed by atoms with Gasteiger partial charge in [-0.05, 0) is 97.0 Å². The molecule has 0 saturated heterocycles. The molecule has 0 aliphatic rings. The van der Waals surface area contributed by atoms with E-state index in [1.54, 1.807) is 12.1 Å². The summed E-state index contributed by atoms with van der Waals surface area (Å²) in [5.74, 6) is 1.31. The fourth-order valence-corrected chi connectivity index (χ4v) is 4.47. The van der Waals surface area contributed by atoms with Crippen molar-refractivity contribution in [3.8, 4) is 11.4 Å². The predicted octanol–water partition coefficient (Wildman–Crippen LogP) is 7.15. The van der Waals surface area contributed by atoms with Gasteiger partial charge in [-0.25, -0.2) is 9.37 Å². The Morgan fingerprint density at radius 3 is 2.75 bits per heavy atom. The van der Waals surface area contributed by atoms with Gasteiger partial charge >= 0.3 is 0 Å². The van der Waals surface area contributed by atoms with Crippen LogP contribution in [0.5, 0.6) is 0 Å². The third-order valence-corrected chi connectivity index (χ3v) is 7.20. The van der Waals surface area contributed by atoms with E-state index in [2.05, 4.69) is 76.4 Å². The maximum atomic E-state index is 13.7. The van der Waals surface area contributed by atoms with Gasteiger partial charge in [0.2, 0.25) is 0 Å². The highest BCUT2D eigenvalue weighted by atomic mass is 127. The Morgan fingerprint density at radius 2 is 2.00 bits per heavy atom. The number of nitrogens with one attached hydrogen (secondary N) is 1. The monoisotopic (exact) mass is 547 g/mol. The molecule has 1 atom stereocenters. The third-order valence-electron chi connectivity index (χ3n) is 6.04. The van der Waals surface area contributed by atoms with Crippen LogP contribution >= 0.6 is 22.6 Å². The first kappa shape index (κ1) is 24.9. The molecule has 0 fully saturated rings. The normalized spacial score (nSPS) is 12.3. The lowest BCUT2D eigenvalue weighted by atomic mass is 9.98. The molecule has 0 amide bonds. The number of aryl methyl sites for hydroxylation is 2. The Labute approximate surface area is 206 Å². The summed E-state index contributed by atoms with van der Waals surface area (Å²) in [6.45, 7) is 9.38. The Balaban J connectivity index is 1.51. The Hall–Kier alpha value is -1.73. The van der Waals surface area contributed by atoms with Crippen LogP contribution < -0.4 is 5.32 Å². The quantitative estimate of drug-likeness (QED) is 0.193. The summed E-state index contributed by atoms with van der Waals surface area (Å²) in [6, 6.07) is 13.5. The van der Waals surface area contributed by atoms with Crippen molar-refractivity contribution >= 4 is 22.6 Å². The van der Waals surface area contributed by atoms with E-state index in [1.807, 2.05) is 12.3 Å². The zero-order chi connectivity index (χ0) is 22.9. The van der Waals surface area contributed by atoms with Crippen molar-refractivity contribution in [3.63, 3.8) is 0 Å². The summed E-state index contributed by atoms with van der Waals surface area (Å²) in [5.41, 5.74) is 4.79. The molecule has 0 aliphatic carbocycles. The summed E-state index contributed by atoms with van der Waals surface area (Å²) in [5, 5.41) is 3.60. The van der Waals surface area contributed by atoms with Gasteiger partial charge < -0.3 is 9.88 Å². The number of imidazole rings is 1. The third kappa shape index (κ3) is 7.14. The summed E-state index contributed by atoms with van der Waals surface area (Å²) < 4.78 is 17.3. The van der Waals surface area contributed by atoms with Crippen LogP contribution in [-0.2, 0) is 19.5 Å². The van der Waals surface area contributed by atoms with Gasteiger partial charge in [-0.1, -0.05) is 44.5 Å². The molecular weight excluding hydrogens is 512 g/mol. The van der Waals surface area contributed by atoms with E-state index < -0.39 is 0 Å². The fraction of sp³-hybridized carbons (Fsp3) is 0.444. The summed E-state index contributed by atoms with van der Waals surface area (Å²) in [4.78, 5) is 4.63. The molecule has 32 heavy (non-hydrogen) atoms. The molecule has 172 valence electrons. The standard InChI is InChI=1S/C27H35FIN3/c1-4-5-15-32-25(19-31-27(32)23-7-6-8-24(28)17-23)18-30-14-13-20(2)9-11-22-12-10-21(3)26(29)16-22/h6-8,10,12,16-17,19-20,30H,4-5,9,11,13-15,18H2,1-3H3. The van der Waals surface area contributed by atoms with Gasteiger partial charge in [0.25, 0.3) is 0 Å². The Kier molecular flexibility index (Phi) is 9.72. The van der Waals surface area contributed by atoms with E-state index >= 15 is 0 Å². The van der Waals surface area contributed by atoms with Crippen LogP contribution in [0.25, 0.3) is 11.4 Å². The molecule has 3 nitrogen and oxygen atoms in total. The SMILES string of the molecule is CCCCn1c(CNCCC(C)CCc2ccc(C)c(I)c2)cnc1-c1cccc(F)c1. The predicted molar refractivity (Wildman–Crippen MR) is 140 cm³/mol. The van der Waals surface area contributed by atoms with Crippen LogP contribution in [-0.4, -0.2) is 16.1 Å². The first-order chi connectivity index (χ1) is 15.5. The summed E-state index contributed by atoms with van der Waals surface area (Å²) >= 11 is 2.42. The lowest BCUT2D eigenvalue weighted by Gasteiger charge is -2.14. The van der Waals surface area contributed by atoms with Crippen LogP contribution in [0.4, 0.5) is 4.39 Å². The highest BCUT2D eigenvalue weighted by Crippen LogP contribution is 2.22. The minimum absolute atomic E-state index is 0.221. The van der Waals surface area contributed by atoms with Crippen molar-refractivity contribution in [2.24, 2.45) is 5.92 Å². The van der Waals surface area contributed by atoms with Gasteiger partial charge in [0.15, 0.2) is 0 Å². The molecule has 0 aliphatic heterocycles. The minimum atomic E-state index is -0.221. The number of halogens is 2. The van der Waals surface area contributed by atoms with Crippen molar-refractivity contribution in [3.05, 3.63) is 74.9 Å². The number of hydrogen-bond acceptors (Lipinski definition) is 2. The van der Waals surface area contributed by atoms with Crippen LogP contribution in [0.3, 0.4) is 0 Å². The van der Waals surface area contributed by atoms with Crippen LogP contribution in [0.15, 0.2) is 48.7 Å². The van der Waals surface area contributed by atoms with Crippen molar-refractivity contribution < 1.29 is 4.39 Å². The molecule has 0 spiro atoms. The van der Waals surface area contributed by atoms with E-state index in [-0.39, 0.29) is 5.82 Å². The van der Waals surface area contributed by atoms with Gasteiger partial charge in [-0.3, -0.25) is 0 Å². The second-order valence-electron chi connectivity index (χ2n) is 8.78. The van der Waals surface area contributed by atoms with Crippen molar-refractivity contribution in [1.29, 1.82) is 0 Å². The molecule has 5 heteroatoms. The average molecular weight is 548 g/mol. The first-order valence-electron chi connectivity index (χ1n) is 11.7. The smallest absolute Gasteiger partial charge is 0.140 e. The maximum Gasteiger partial charge on any atom is 0.140 e. The zero-order valence-corrected chi connectivity index (χ0v) is 21.7. The lowest BCUT2D eigenvalue weighted by Crippen LogP contribution is -2.19.